The van der Waals surface area contributed by atoms with Crippen LogP contribution in [0.4, 0.5) is 5.69 Å². The highest BCUT2D eigenvalue weighted by molar-refractivity contribution is 9.10. The lowest BCUT2D eigenvalue weighted by atomic mass is 10.1. The molecule has 0 heterocycles. The van der Waals surface area contributed by atoms with Crippen LogP contribution in [-0.4, -0.2) is 21.3 Å². The molecule has 2 aromatic carbocycles. The predicted molar refractivity (Wildman–Crippen MR) is 96.0 cm³/mol. The van der Waals surface area contributed by atoms with Crippen LogP contribution in [0.25, 0.3) is 6.08 Å². The van der Waals surface area contributed by atoms with Gasteiger partial charge in [0.2, 0.25) is 0 Å². The van der Waals surface area contributed by atoms with E-state index in [2.05, 4.69) is 20.3 Å². The van der Waals surface area contributed by atoms with Crippen LogP contribution in [0.3, 0.4) is 0 Å². The fraction of sp³-hybridized carbons (Fsp3) is 0.0625. The van der Waals surface area contributed by atoms with E-state index in [1.54, 1.807) is 30.3 Å². The molecule has 0 aliphatic carbocycles. The van der Waals surface area contributed by atoms with Gasteiger partial charge in [0.1, 0.15) is 0 Å². The number of carbonyl (C=O) groups is 1. The average Bonchev–Trinajstić information content (AvgIpc) is 2.53. The number of nitro groups is 1. The fourth-order valence-corrected chi connectivity index (χ4v) is 3.31. The van der Waals surface area contributed by atoms with E-state index in [1.807, 2.05) is 0 Å². The van der Waals surface area contributed by atoms with Gasteiger partial charge in [0.25, 0.3) is 11.6 Å². The molecular weight excluding hydrogens is 396 g/mol. The Bertz CT molecular complexity index is 929. The molecule has 2 aromatic rings. The van der Waals surface area contributed by atoms with Crippen molar-refractivity contribution in [3.63, 3.8) is 0 Å². The highest BCUT2D eigenvalue weighted by Crippen LogP contribution is 2.19. The third kappa shape index (κ3) is 4.59. The van der Waals surface area contributed by atoms with Crippen molar-refractivity contribution >= 4 is 43.3 Å². The molecule has 124 valence electrons. The largest absolute Gasteiger partial charge is 0.278 e. The summed E-state index contributed by atoms with van der Waals surface area (Å²) in [4.78, 5) is 22.8. The highest BCUT2D eigenvalue weighted by Gasteiger charge is 2.11. The van der Waals surface area contributed by atoms with Gasteiger partial charge in [-0.3, -0.25) is 14.9 Å². The minimum absolute atomic E-state index is 0.119. The first-order valence-corrected chi connectivity index (χ1v) is 9.44. The Labute approximate surface area is 147 Å². The van der Waals surface area contributed by atoms with Gasteiger partial charge in [-0.15, -0.1) is 0 Å². The third-order valence-electron chi connectivity index (χ3n) is 3.05. The van der Waals surface area contributed by atoms with E-state index in [-0.39, 0.29) is 11.3 Å². The first kappa shape index (κ1) is 18.0. The van der Waals surface area contributed by atoms with Crippen molar-refractivity contribution < 1.29 is 13.9 Å². The summed E-state index contributed by atoms with van der Waals surface area (Å²) in [5, 5.41) is 10.9. The van der Waals surface area contributed by atoms with E-state index < -0.39 is 20.6 Å². The second kappa shape index (κ2) is 7.50. The standard InChI is InChI=1S/C16H13BrN2O4S/c1-24(23,14-9-7-13(17)8-10-14)18-16(20)11-6-12-4-2-3-5-15(12)19(21)22/h2-11H,1H3/b11-6+. The lowest BCUT2D eigenvalue weighted by Gasteiger charge is -2.03. The van der Waals surface area contributed by atoms with Gasteiger partial charge < -0.3 is 0 Å². The number of amides is 1. The first-order chi connectivity index (χ1) is 11.3. The maximum absolute atomic E-state index is 12.6. The molecule has 0 saturated carbocycles. The van der Waals surface area contributed by atoms with Gasteiger partial charge >= 0.3 is 0 Å². The molecule has 0 N–H and O–H groups in total. The highest BCUT2D eigenvalue weighted by atomic mass is 79.9. The molecule has 0 aliphatic rings. The summed E-state index contributed by atoms with van der Waals surface area (Å²) in [7, 11) is -2.89. The molecule has 1 amide bonds. The SMILES string of the molecule is CS(=O)(=NC(=O)/C=C/c1ccccc1[N+](=O)[O-])c1ccc(Br)cc1. The molecule has 0 saturated heterocycles. The summed E-state index contributed by atoms with van der Waals surface area (Å²) in [5.74, 6) is -0.719. The molecule has 0 fully saturated rings. The van der Waals surface area contributed by atoms with E-state index in [1.165, 1.54) is 30.5 Å². The zero-order valence-electron chi connectivity index (χ0n) is 12.6. The maximum atomic E-state index is 12.6. The van der Waals surface area contributed by atoms with E-state index in [0.717, 1.165) is 10.5 Å². The molecule has 6 nitrogen and oxygen atoms in total. The Balaban J connectivity index is 2.28. The molecule has 1 unspecified atom stereocenters. The zero-order valence-corrected chi connectivity index (χ0v) is 15.0. The Kier molecular flexibility index (Phi) is 5.63. The minimum Gasteiger partial charge on any atom is -0.267 e. The topological polar surface area (TPSA) is 89.6 Å². The van der Waals surface area contributed by atoms with E-state index >= 15 is 0 Å². The second-order valence-electron chi connectivity index (χ2n) is 4.84. The Hall–Kier alpha value is -2.32. The number of nitrogens with zero attached hydrogens (tertiary/aromatic N) is 2. The van der Waals surface area contributed by atoms with Crippen molar-refractivity contribution in [3.8, 4) is 0 Å². The van der Waals surface area contributed by atoms with Crippen LogP contribution in [0, 0.1) is 10.1 Å². The van der Waals surface area contributed by atoms with Crippen molar-refractivity contribution in [2.45, 2.75) is 4.90 Å². The second-order valence-corrected chi connectivity index (χ2v) is 8.01. The van der Waals surface area contributed by atoms with E-state index in [9.17, 15) is 19.1 Å². The van der Waals surface area contributed by atoms with Crippen molar-refractivity contribution in [3.05, 3.63) is 74.8 Å². The number of rotatable bonds is 4. The van der Waals surface area contributed by atoms with Crippen LogP contribution in [0.2, 0.25) is 0 Å². The Morgan fingerprint density at radius 1 is 1.21 bits per heavy atom. The van der Waals surface area contributed by atoms with Crippen LogP contribution in [-0.2, 0) is 14.5 Å². The number of carbonyl (C=O) groups excluding carboxylic acids is 1. The lowest BCUT2D eigenvalue weighted by Crippen LogP contribution is -2.01. The van der Waals surface area contributed by atoms with Crippen LogP contribution >= 0.6 is 15.9 Å². The number of halogens is 1. The van der Waals surface area contributed by atoms with Gasteiger partial charge in [-0.1, -0.05) is 28.1 Å². The normalized spacial score (nSPS) is 13.4. The van der Waals surface area contributed by atoms with Gasteiger partial charge in [-0.25, -0.2) is 4.21 Å². The number of hydrogen-bond donors (Lipinski definition) is 0. The molecule has 24 heavy (non-hydrogen) atoms. The number of hydrogen-bond acceptors (Lipinski definition) is 4. The lowest BCUT2D eigenvalue weighted by molar-refractivity contribution is -0.385. The van der Waals surface area contributed by atoms with Crippen molar-refractivity contribution in [2.75, 3.05) is 6.26 Å². The minimum atomic E-state index is -2.89. The van der Waals surface area contributed by atoms with Gasteiger partial charge in [0.15, 0.2) is 0 Å². The van der Waals surface area contributed by atoms with Gasteiger partial charge in [-0.2, -0.15) is 4.36 Å². The fourth-order valence-electron chi connectivity index (χ4n) is 1.90. The van der Waals surface area contributed by atoms with Gasteiger partial charge in [0, 0.05) is 27.8 Å². The third-order valence-corrected chi connectivity index (χ3v) is 5.26. The summed E-state index contributed by atoms with van der Waals surface area (Å²) < 4.78 is 17.1. The molecule has 0 aliphatic heterocycles. The maximum Gasteiger partial charge on any atom is 0.278 e. The van der Waals surface area contributed by atoms with Crippen molar-refractivity contribution in [1.29, 1.82) is 0 Å². The van der Waals surface area contributed by atoms with E-state index in [0.29, 0.717) is 4.90 Å². The smallest absolute Gasteiger partial charge is 0.267 e. The Morgan fingerprint density at radius 3 is 2.46 bits per heavy atom. The summed E-state index contributed by atoms with van der Waals surface area (Å²) in [6.07, 6.45) is 3.73. The quantitative estimate of drug-likeness (QED) is 0.433. The monoisotopic (exact) mass is 408 g/mol. The summed E-state index contributed by atoms with van der Waals surface area (Å²) in [5.41, 5.74) is 0.156. The molecular formula is C16H13BrN2O4S. The van der Waals surface area contributed by atoms with Crippen molar-refractivity contribution in [1.82, 2.24) is 0 Å². The molecule has 8 heteroatoms. The first-order valence-electron chi connectivity index (χ1n) is 6.73. The molecule has 0 spiro atoms. The molecule has 2 rings (SSSR count). The molecule has 1 atom stereocenters. The van der Waals surface area contributed by atoms with Crippen LogP contribution in [0.5, 0.6) is 0 Å². The van der Waals surface area contributed by atoms with Crippen LogP contribution < -0.4 is 0 Å². The number of para-hydroxylation sites is 1. The summed E-state index contributed by atoms with van der Waals surface area (Å²) in [6, 6.07) is 12.7. The van der Waals surface area contributed by atoms with Crippen LogP contribution in [0.1, 0.15) is 5.56 Å². The van der Waals surface area contributed by atoms with Crippen LogP contribution in [0.15, 0.2) is 68.3 Å². The summed E-state index contributed by atoms with van der Waals surface area (Å²) >= 11 is 3.28. The molecule has 0 bridgehead atoms. The van der Waals surface area contributed by atoms with Gasteiger partial charge in [-0.05, 0) is 36.4 Å². The molecule has 0 aromatic heterocycles. The Morgan fingerprint density at radius 2 is 1.83 bits per heavy atom. The average molecular weight is 409 g/mol. The summed E-state index contributed by atoms with van der Waals surface area (Å²) in [6.45, 7) is 0. The number of benzene rings is 2. The van der Waals surface area contributed by atoms with Crippen molar-refractivity contribution in [2.24, 2.45) is 4.36 Å². The van der Waals surface area contributed by atoms with E-state index in [4.69, 9.17) is 0 Å². The number of nitro benzene ring substituents is 1. The zero-order chi connectivity index (χ0) is 17.7. The predicted octanol–water partition coefficient (Wildman–Crippen LogP) is 4.05. The molecule has 0 radical (unpaired) electrons. The van der Waals surface area contributed by atoms with Gasteiger partial charge in [0.05, 0.1) is 20.2 Å².